The highest BCUT2D eigenvalue weighted by molar-refractivity contribution is 5.22. The second kappa shape index (κ2) is 5.95. The minimum absolute atomic E-state index is 1.19. The van der Waals surface area contributed by atoms with Crippen molar-refractivity contribution in [2.45, 2.75) is 57.8 Å². The maximum atomic E-state index is 2.45. The van der Waals surface area contributed by atoms with E-state index in [2.05, 4.69) is 24.3 Å². The molecule has 2 aliphatic carbocycles. The third kappa shape index (κ3) is 3.70. The average molecular weight is 202 g/mol. The van der Waals surface area contributed by atoms with Crippen LogP contribution >= 0.6 is 0 Å². The van der Waals surface area contributed by atoms with E-state index in [-0.39, 0.29) is 0 Å². The third-order valence-electron chi connectivity index (χ3n) is 3.42. The van der Waals surface area contributed by atoms with Gasteiger partial charge in [0.2, 0.25) is 0 Å². The van der Waals surface area contributed by atoms with Gasteiger partial charge in [-0.1, -0.05) is 35.5 Å². The van der Waals surface area contributed by atoms with Crippen LogP contribution in [0.2, 0.25) is 0 Å². The smallest absolute Gasteiger partial charge is 0.0136 e. The van der Waals surface area contributed by atoms with E-state index in [0.29, 0.717) is 0 Å². The van der Waals surface area contributed by atoms with Gasteiger partial charge in [-0.15, -0.1) is 0 Å². The summed E-state index contributed by atoms with van der Waals surface area (Å²) < 4.78 is 0. The lowest BCUT2D eigenvalue weighted by Gasteiger charge is -2.11. The van der Waals surface area contributed by atoms with Crippen molar-refractivity contribution in [2.75, 3.05) is 0 Å². The Morgan fingerprint density at radius 3 is 2.40 bits per heavy atom. The third-order valence-corrected chi connectivity index (χ3v) is 3.42. The zero-order valence-corrected chi connectivity index (χ0v) is 9.67. The van der Waals surface area contributed by atoms with Crippen LogP contribution in [0.3, 0.4) is 0 Å². The Morgan fingerprint density at radius 1 is 0.933 bits per heavy atom. The number of allylic oxidation sites excluding steroid dienone is 6. The van der Waals surface area contributed by atoms with E-state index in [9.17, 15) is 0 Å². The molecule has 0 spiro atoms. The Morgan fingerprint density at radius 2 is 1.73 bits per heavy atom. The van der Waals surface area contributed by atoms with Crippen molar-refractivity contribution in [3.8, 4) is 0 Å². The van der Waals surface area contributed by atoms with E-state index in [0.717, 1.165) is 0 Å². The summed E-state index contributed by atoms with van der Waals surface area (Å²) in [6.07, 6.45) is 21.6. The van der Waals surface area contributed by atoms with E-state index < -0.39 is 0 Å². The van der Waals surface area contributed by atoms with Gasteiger partial charge in [0.1, 0.15) is 0 Å². The van der Waals surface area contributed by atoms with Crippen LogP contribution in [0.4, 0.5) is 0 Å². The molecule has 0 aromatic rings. The monoisotopic (exact) mass is 202 g/mol. The van der Waals surface area contributed by atoms with Crippen LogP contribution in [-0.2, 0) is 0 Å². The molecule has 0 radical (unpaired) electrons. The van der Waals surface area contributed by atoms with Gasteiger partial charge in [0, 0.05) is 0 Å². The van der Waals surface area contributed by atoms with Crippen LogP contribution < -0.4 is 0 Å². The molecule has 0 aliphatic heterocycles. The molecule has 0 fully saturated rings. The fraction of sp³-hybridized carbons (Fsp3) is 0.600. The Labute approximate surface area is 93.8 Å². The quantitative estimate of drug-likeness (QED) is 0.569. The SMILES string of the molecule is C(=CC1=CCCCC1)CC1=CCCCC1. The molecule has 2 aliphatic rings. The highest BCUT2D eigenvalue weighted by Gasteiger charge is 2.02. The summed E-state index contributed by atoms with van der Waals surface area (Å²) in [6, 6.07) is 0. The Bertz CT molecular complexity index is 278. The first-order valence-electron chi connectivity index (χ1n) is 6.48. The predicted molar refractivity (Wildman–Crippen MR) is 66.9 cm³/mol. The molecule has 0 unspecified atom stereocenters. The maximum absolute atomic E-state index is 2.45. The molecule has 15 heavy (non-hydrogen) atoms. The lowest BCUT2D eigenvalue weighted by Crippen LogP contribution is -1.91. The Kier molecular flexibility index (Phi) is 4.25. The molecule has 0 atom stereocenters. The van der Waals surface area contributed by atoms with Crippen molar-refractivity contribution >= 4 is 0 Å². The predicted octanol–water partition coefficient (Wildman–Crippen LogP) is 4.93. The fourth-order valence-corrected chi connectivity index (χ4v) is 2.47. The molecular formula is C15H22. The second-order valence-corrected chi connectivity index (χ2v) is 4.74. The van der Waals surface area contributed by atoms with E-state index in [4.69, 9.17) is 0 Å². The molecule has 0 aromatic carbocycles. The lowest BCUT2D eigenvalue weighted by atomic mass is 9.95. The molecule has 0 nitrogen and oxygen atoms in total. The van der Waals surface area contributed by atoms with Crippen LogP contribution in [0.5, 0.6) is 0 Å². The number of rotatable bonds is 3. The van der Waals surface area contributed by atoms with Crippen molar-refractivity contribution in [1.82, 2.24) is 0 Å². The standard InChI is InChI=1S/C15H22/c1-3-8-14(9-4-1)12-7-13-15-10-5-2-6-11-15/h7-8,10,12H,1-6,9,11,13H2. The van der Waals surface area contributed by atoms with Gasteiger partial charge in [-0.25, -0.2) is 0 Å². The number of hydrogen-bond donors (Lipinski definition) is 0. The highest BCUT2D eigenvalue weighted by atomic mass is 14.1. The zero-order valence-electron chi connectivity index (χ0n) is 9.67. The summed E-state index contributed by atoms with van der Waals surface area (Å²) in [5.74, 6) is 0. The van der Waals surface area contributed by atoms with E-state index in [1.165, 1.54) is 57.8 Å². The summed E-state index contributed by atoms with van der Waals surface area (Å²) in [7, 11) is 0. The zero-order chi connectivity index (χ0) is 10.3. The highest BCUT2D eigenvalue weighted by Crippen LogP contribution is 2.22. The topological polar surface area (TPSA) is 0 Å². The van der Waals surface area contributed by atoms with Gasteiger partial charge in [-0.3, -0.25) is 0 Å². The van der Waals surface area contributed by atoms with Crippen molar-refractivity contribution in [3.05, 3.63) is 35.5 Å². The van der Waals surface area contributed by atoms with E-state index >= 15 is 0 Å². The molecular weight excluding hydrogens is 180 g/mol. The van der Waals surface area contributed by atoms with Crippen LogP contribution in [0.1, 0.15) is 57.8 Å². The van der Waals surface area contributed by atoms with Crippen LogP contribution in [0, 0.1) is 0 Å². The fourth-order valence-electron chi connectivity index (χ4n) is 2.47. The molecule has 0 aromatic heterocycles. The lowest BCUT2D eigenvalue weighted by molar-refractivity contribution is 0.690. The molecule has 0 bridgehead atoms. The average Bonchev–Trinajstić information content (AvgIpc) is 2.32. The van der Waals surface area contributed by atoms with Gasteiger partial charge in [0.15, 0.2) is 0 Å². The summed E-state index contributed by atoms with van der Waals surface area (Å²) in [5.41, 5.74) is 3.23. The van der Waals surface area contributed by atoms with Gasteiger partial charge in [-0.05, 0) is 57.8 Å². The molecule has 0 heterocycles. The minimum Gasteiger partial charge on any atom is -0.0850 e. The first-order valence-corrected chi connectivity index (χ1v) is 6.48. The van der Waals surface area contributed by atoms with Gasteiger partial charge in [-0.2, -0.15) is 0 Å². The summed E-state index contributed by atoms with van der Waals surface area (Å²) in [4.78, 5) is 0. The maximum Gasteiger partial charge on any atom is -0.0136 e. The van der Waals surface area contributed by atoms with E-state index in [1.54, 1.807) is 11.1 Å². The molecule has 0 amide bonds. The second-order valence-electron chi connectivity index (χ2n) is 4.74. The number of hydrogen-bond acceptors (Lipinski definition) is 0. The minimum atomic E-state index is 1.19. The normalized spacial score (nSPS) is 22.7. The summed E-state index contributed by atoms with van der Waals surface area (Å²) in [6.45, 7) is 0. The Balaban J connectivity index is 1.78. The van der Waals surface area contributed by atoms with Crippen molar-refractivity contribution in [3.63, 3.8) is 0 Å². The van der Waals surface area contributed by atoms with Crippen molar-refractivity contribution in [1.29, 1.82) is 0 Å². The van der Waals surface area contributed by atoms with E-state index in [1.807, 2.05) is 0 Å². The first kappa shape index (κ1) is 10.7. The molecule has 0 N–H and O–H groups in total. The van der Waals surface area contributed by atoms with Gasteiger partial charge in [0.05, 0.1) is 0 Å². The molecule has 82 valence electrons. The summed E-state index contributed by atoms with van der Waals surface area (Å²) in [5, 5.41) is 0. The van der Waals surface area contributed by atoms with Crippen LogP contribution in [-0.4, -0.2) is 0 Å². The Hall–Kier alpha value is -0.780. The first-order chi connectivity index (χ1) is 7.45. The molecule has 2 rings (SSSR count). The van der Waals surface area contributed by atoms with Crippen LogP contribution in [0.25, 0.3) is 0 Å². The molecule has 0 heteroatoms. The molecule has 0 saturated heterocycles. The largest absolute Gasteiger partial charge is 0.0850 e. The van der Waals surface area contributed by atoms with Crippen molar-refractivity contribution in [2.24, 2.45) is 0 Å². The van der Waals surface area contributed by atoms with Gasteiger partial charge < -0.3 is 0 Å². The van der Waals surface area contributed by atoms with Gasteiger partial charge >= 0.3 is 0 Å². The van der Waals surface area contributed by atoms with Crippen LogP contribution in [0.15, 0.2) is 35.5 Å². The van der Waals surface area contributed by atoms with Gasteiger partial charge in [0.25, 0.3) is 0 Å². The molecule has 0 saturated carbocycles. The van der Waals surface area contributed by atoms with Crippen molar-refractivity contribution < 1.29 is 0 Å². The summed E-state index contributed by atoms with van der Waals surface area (Å²) >= 11 is 0.